The Morgan fingerprint density at radius 1 is 1.27 bits per heavy atom. The SMILES string of the molecule is COC(=O)CC1(NC(=O)c2ccccc2C)CCN(C)CC1. The fourth-order valence-electron chi connectivity index (χ4n) is 2.88. The van der Waals surface area contributed by atoms with Crippen LogP contribution in [0.15, 0.2) is 24.3 Å². The number of ether oxygens (including phenoxy) is 1. The van der Waals surface area contributed by atoms with Gasteiger partial charge in [0.2, 0.25) is 0 Å². The largest absolute Gasteiger partial charge is 0.469 e. The Hall–Kier alpha value is -1.88. The fraction of sp³-hybridized carbons (Fsp3) is 0.529. The summed E-state index contributed by atoms with van der Waals surface area (Å²) in [5.74, 6) is -0.402. The lowest BCUT2D eigenvalue weighted by molar-refractivity contribution is -0.142. The Bertz CT molecular complexity index is 549. The predicted octanol–water partition coefficient (Wildman–Crippen LogP) is 1.75. The van der Waals surface area contributed by atoms with Crippen molar-refractivity contribution < 1.29 is 14.3 Å². The summed E-state index contributed by atoms with van der Waals surface area (Å²) in [5, 5.41) is 3.11. The molecule has 0 atom stereocenters. The molecule has 0 spiro atoms. The van der Waals surface area contributed by atoms with Crippen molar-refractivity contribution in [2.24, 2.45) is 0 Å². The minimum Gasteiger partial charge on any atom is -0.469 e. The van der Waals surface area contributed by atoms with Crippen molar-refractivity contribution >= 4 is 11.9 Å². The quantitative estimate of drug-likeness (QED) is 0.861. The molecule has 0 aromatic heterocycles. The van der Waals surface area contributed by atoms with Crippen LogP contribution in [-0.2, 0) is 9.53 Å². The van der Waals surface area contributed by atoms with E-state index in [0.29, 0.717) is 5.56 Å². The zero-order valence-corrected chi connectivity index (χ0v) is 13.5. The van der Waals surface area contributed by atoms with Crippen molar-refractivity contribution in [3.63, 3.8) is 0 Å². The number of esters is 1. The van der Waals surface area contributed by atoms with E-state index in [0.717, 1.165) is 31.5 Å². The zero-order chi connectivity index (χ0) is 16.2. The van der Waals surface area contributed by atoms with Crippen LogP contribution in [0.25, 0.3) is 0 Å². The summed E-state index contributed by atoms with van der Waals surface area (Å²) in [5.41, 5.74) is 1.07. The minimum absolute atomic E-state index is 0.119. The monoisotopic (exact) mass is 304 g/mol. The van der Waals surface area contributed by atoms with Gasteiger partial charge in [-0.05, 0) is 38.4 Å². The second-order valence-electron chi connectivity index (χ2n) is 6.11. The van der Waals surface area contributed by atoms with Crippen molar-refractivity contribution in [2.45, 2.75) is 31.7 Å². The van der Waals surface area contributed by atoms with E-state index in [-0.39, 0.29) is 18.3 Å². The van der Waals surface area contributed by atoms with Gasteiger partial charge in [-0.15, -0.1) is 0 Å². The van der Waals surface area contributed by atoms with Crippen LogP contribution in [0.3, 0.4) is 0 Å². The molecule has 0 aliphatic carbocycles. The molecule has 1 N–H and O–H groups in total. The normalized spacial score (nSPS) is 17.8. The van der Waals surface area contributed by atoms with Gasteiger partial charge in [-0.1, -0.05) is 18.2 Å². The van der Waals surface area contributed by atoms with Crippen LogP contribution in [0.4, 0.5) is 0 Å². The summed E-state index contributed by atoms with van der Waals surface area (Å²) in [4.78, 5) is 26.6. The van der Waals surface area contributed by atoms with Gasteiger partial charge in [-0.3, -0.25) is 9.59 Å². The maximum absolute atomic E-state index is 12.6. The number of nitrogens with zero attached hydrogens (tertiary/aromatic N) is 1. The molecule has 5 heteroatoms. The smallest absolute Gasteiger partial charge is 0.307 e. The number of hydrogen-bond donors (Lipinski definition) is 1. The van der Waals surface area contributed by atoms with Crippen LogP contribution in [0.2, 0.25) is 0 Å². The van der Waals surface area contributed by atoms with E-state index in [4.69, 9.17) is 4.74 Å². The lowest BCUT2D eigenvalue weighted by Gasteiger charge is -2.40. The molecule has 22 heavy (non-hydrogen) atoms. The summed E-state index contributed by atoms with van der Waals surface area (Å²) in [6, 6.07) is 7.48. The number of benzene rings is 1. The van der Waals surface area contributed by atoms with Gasteiger partial charge in [0.15, 0.2) is 0 Å². The Kier molecular flexibility index (Phi) is 5.19. The van der Waals surface area contributed by atoms with Crippen molar-refractivity contribution in [1.82, 2.24) is 10.2 Å². The highest BCUT2D eigenvalue weighted by atomic mass is 16.5. The molecular formula is C17H24N2O3. The van der Waals surface area contributed by atoms with Gasteiger partial charge in [-0.25, -0.2) is 0 Å². The fourth-order valence-corrected chi connectivity index (χ4v) is 2.88. The molecule has 1 heterocycles. The molecule has 1 aliphatic heterocycles. The number of carbonyl (C=O) groups is 2. The molecule has 120 valence electrons. The predicted molar refractivity (Wildman–Crippen MR) is 84.7 cm³/mol. The molecule has 0 saturated carbocycles. The molecule has 2 rings (SSSR count). The molecule has 0 unspecified atom stereocenters. The number of amides is 1. The second kappa shape index (κ2) is 6.92. The Balaban J connectivity index is 2.17. The Morgan fingerprint density at radius 3 is 2.50 bits per heavy atom. The third-order valence-electron chi connectivity index (χ3n) is 4.42. The first-order chi connectivity index (χ1) is 10.5. The van der Waals surface area contributed by atoms with E-state index in [1.54, 1.807) is 0 Å². The third kappa shape index (κ3) is 3.85. The molecular weight excluding hydrogens is 280 g/mol. The van der Waals surface area contributed by atoms with E-state index >= 15 is 0 Å². The number of nitrogens with one attached hydrogen (secondary N) is 1. The van der Waals surface area contributed by atoms with Crippen molar-refractivity contribution in [3.05, 3.63) is 35.4 Å². The van der Waals surface area contributed by atoms with E-state index in [9.17, 15) is 9.59 Å². The zero-order valence-electron chi connectivity index (χ0n) is 13.5. The molecule has 0 radical (unpaired) electrons. The van der Waals surface area contributed by atoms with Crippen LogP contribution in [0.5, 0.6) is 0 Å². The van der Waals surface area contributed by atoms with Crippen molar-refractivity contribution in [2.75, 3.05) is 27.2 Å². The number of methoxy groups -OCH3 is 1. The molecule has 1 aliphatic rings. The van der Waals surface area contributed by atoms with Crippen molar-refractivity contribution in [3.8, 4) is 0 Å². The lowest BCUT2D eigenvalue weighted by atomic mass is 9.84. The van der Waals surface area contributed by atoms with Crippen LogP contribution >= 0.6 is 0 Å². The molecule has 5 nitrogen and oxygen atoms in total. The molecule has 1 amide bonds. The van der Waals surface area contributed by atoms with Crippen LogP contribution in [0.1, 0.15) is 35.2 Å². The van der Waals surface area contributed by atoms with E-state index < -0.39 is 5.54 Å². The number of likely N-dealkylation sites (tertiary alicyclic amines) is 1. The van der Waals surface area contributed by atoms with Crippen LogP contribution in [-0.4, -0.2) is 49.6 Å². The first-order valence-corrected chi connectivity index (χ1v) is 7.59. The minimum atomic E-state index is -0.515. The molecule has 1 saturated heterocycles. The maximum atomic E-state index is 12.6. The van der Waals surface area contributed by atoms with Gasteiger partial charge < -0.3 is 15.0 Å². The summed E-state index contributed by atoms with van der Waals surface area (Å²) in [6.07, 6.45) is 1.71. The first kappa shape index (κ1) is 16.5. The average molecular weight is 304 g/mol. The summed E-state index contributed by atoms with van der Waals surface area (Å²) < 4.78 is 4.81. The molecule has 1 aromatic rings. The van der Waals surface area contributed by atoms with Crippen LogP contribution < -0.4 is 5.32 Å². The maximum Gasteiger partial charge on any atom is 0.307 e. The summed E-state index contributed by atoms with van der Waals surface area (Å²) in [6.45, 7) is 3.62. The standard InChI is InChI=1S/C17H24N2O3/c1-13-6-4-5-7-14(13)16(21)18-17(12-15(20)22-3)8-10-19(2)11-9-17/h4-7H,8-12H2,1-3H3,(H,18,21). The average Bonchev–Trinajstić information content (AvgIpc) is 2.50. The number of hydrogen-bond acceptors (Lipinski definition) is 4. The highest BCUT2D eigenvalue weighted by Gasteiger charge is 2.37. The van der Waals surface area contributed by atoms with Gasteiger partial charge in [0, 0.05) is 18.7 Å². The number of rotatable bonds is 4. The third-order valence-corrected chi connectivity index (χ3v) is 4.42. The highest BCUT2D eigenvalue weighted by Crippen LogP contribution is 2.26. The van der Waals surface area contributed by atoms with Crippen LogP contribution in [0, 0.1) is 6.92 Å². The number of piperidine rings is 1. The van der Waals surface area contributed by atoms with Gasteiger partial charge in [0.05, 0.1) is 19.1 Å². The molecule has 0 bridgehead atoms. The highest BCUT2D eigenvalue weighted by molar-refractivity contribution is 5.96. The van der Waals surface area contributed by atoms with E-state index in [1.165, 1.54) is 7.11 Å². The molecule has 1 fully saturated rings. The van der Waals surface area contributed by atoms with E-state index in [1.807, 2.05) is 38.2 Å². The lowest BCUT2D eigenvalue weighted by Crippen LogP contribution is -2.55. The first-order valence-electron chi connectivity index (χ1n) is 7.59. The summed E-state index contributed by atoms with van der Waals surface area (Å²) in [7, 11) is 3.43. The molecule has 1 aromatic carbocycles. The van der Waals surface area contributed by atoms with Gasteiger partial charge in [-0.2, -0.15) is 0 Å². The Labute approximate surface area is 131 Å². The van der Waals surface area contributed by atoms with E-state index in [2.05, 4.69) is 10.2 Å². The number of aryl methyl sites for hydroxylation is 1. The Morgan fingerprint density at radius 2 is 1.91 bits per heavy atom. The number of carbonyl (C=O) groups excluding carboxylic acids is 2. The van der Waals surface area contributed by atoms with Crippen molar-refractivity contribution in [1.29, 1.82) is 0 Å². The van der Waals surface area contributed by atoms with Gasteiger partial charge >= 0.3 is 5.97 Å². The second-order valence-corrected chi connectivity index (χ2v) is 6.11. The van der Waals surface area contributed by atoms with Gasteiger partial charge in [0.25, 0.3) is 5.91 Å². The summed E-state index contributed by atoms with van der Waals surface area (Å²) >= 11 is 0. The topological polar surface area (TPSA) is 58.6 Å². The van der Waals surface area contributed by atoms with Gasteiger partial charge in [0.1, 0.15) is 0 Å².